The number of esters is 1. The van der Waals surface area contributed by atoms with Crippen LogP contribution in [-0.4, -0.2) is 25.5 Å². The fraction of sp³-hybridized carbons (Fsp3) is 0.333. The molecule has 0 bridgehead atoms. The minimum absolute atomic E-state index is 0.0898. The summed E-state index contributed by atoms with van der Waals surface area (Å²) in [4.78, 5) is 22.7. The minimum Gasteiger partial charge on any atom is -0.464 e. The van der Waals surface area contributed by atoms with E-state index >= 15 is 0 Å². The van der Waals surface area contributed by atoms with Crippen molar-refractivity contribution in [1.29, 1.82) is 0 Å². The number of carbonyl (C=O) groups is 2. The monoisotopic (exact) mass is 275 g/mol. The molecule has 0 fully saturated rings. The lowest BCUT2D eigenvalue weighted by Gasteiger charge is -2.03. The van der Waals surface area contributed by atoms with Crippen molar-refractivity contribution in [2.24, 2.45) is 0 Å². The van der Waals surface area contributed by atoms with Crippen LogP contribution in [0.5, 0.6) is 0 Å². The summed E-state index contributed by atoms with van der Waals surface area (Å²) in [7, 11) is 1.49. The van der Waals surface area contributed by atoms with Crippen LogP contribution in [0.25, 0.3) is 11.0 Å². The van der Waals surface area contributed by atoms with Gasteiger partial charge >= 0.3 is 5.97 Å². The molecular weight excluding hydrogens is 258 g/mol. The van der Waals surface area contributed by atoms with Gasteiger partial charge in [0.2, 0.25) is 0 Å². The maximum absolute atomic E-state index is 11.7. The van der Waals surface area contributed by atoms with Gasteiger partial charge in [-0.25, -0.2) is 0 Å². The summed E-state index contributed by atoms with van der Waals surface area (Å²) in [6, 6.07) is 3.93. The first-order valence-corrected chi connectivity index (χ1v) is 6.35. The summed E-state index contributed by atoms with van der Waals surface area (Å²) in [5.41, 5.74) is 3.76. The van der Waals surface area contributed by atoms with Crippen LogP contribution in [-0.2, 0) is 20.7 Å². The normalized spacial score (nSPS) is 10.6. The number of hydrogen-bond donors (Lipinski definition) is 1. The molecule has 0 spiro atoms. The molecule has 0 unspecified atom stereocenters. The molecule has 0 atom stereocenters. The van der Waals surface area contributed by atoms with E-state index in [0.717, 1.165) is 27.7 Å². The molecule has 20 heavy (non-hydrogen) atoms. The minimum atomic E-state index is -0.450. The number of carbonyl (C=O) groups excluding carboxylic acids is 2. The van der Waals surface area contributed by atoms with Crippen molar-refractivity contribution in [3.63, 3.8) is 0 Å². The van der Waals surface area contributed by atoms with E-state index < -0.39 is 5.97 Å². The lowest BCUT2D eigenvalue weighted by molar-refractivity contribution is -0.147. The highest BCUT2D eigenvalue weighted by molar-refractivity contribution is 5.88. The van der Waals surface area contributed by atoms with Crippen LogP contribution in [0, 0.1) is 13.8 Å². The molecule has 0 aliphatic rings. The van der Waals surface area contributed by atoms with Crippen molar-refractivity contribution in [3.05, 3.63) is 35.1 Å². The van der Waals surface area contributed by atoms with E-state index in [1.54, 1.807) is 6.26 Å². The Labute approximate surface area is 116 Å². The van der Waals surface area contributed by atoms with Gasteiger partial charge in [-0.05, 0) is 25.0 Å². The first-order chi connectivity index (χ1) is 9.52. The van der Waals surface area contributed by atoms with Gasteiger partial charge in [0.25, 0.3) is 5.91 Å². The molecule has 0 aliphatic heterocycles. The fourth-order valence-corrected chi connectivity index (χ4v) is 1.95. The molecule has 1 heterocycles. The van der Waals surface area contributed by atoms with Gasteiger partial charge in [-0.3, -0.25) is 9.59 Å². The molecule has 1 amide bonds. The van der Waals surface area contributed by atoms with Crippen molar-refractivity contribution < 1.29 is 18.7 Å². The van der Waals surface area contributed by atoms with Crippen LogP contribution in [0.15, 0.2) is 22.8 Å². The predicted molar refractivity (Wildman–Crippen MR) is 74.4 cm³/mol. The van der Waals surface area contributed by atoms with Crippen molar-refractivity contribution in [2.45, 2.75) is 20.3 Å². The molecule has 0 saturated heterocycles. The molecule has 0 radical (unpaired) electrons. The van der Waals surface area contributed by atoms with E-state index in [1.807, 2.05) is 26.0 Å². The average Bonchev–Trinajstić information content (AvgIpc) is 2.84. The van der Waals surface area contributed by atoms with Crippen molar-refractivity contribution in [1.82, 2.24) is 5.32 Å². The van der Waals surface area contributed by atoms with Gasteiger partial charge in [0, 0.05) is 18.0 Å². The van der Waals surface area contributed by atoms with Gasteiger partial charge in [-0.15, -0.1) is 0 Å². The molecule has 5 nitrogen and oxygen atoms in total. The summed E-state index contributed by atoms with van der Waals surface area (Å²) in [6.45, 7) is 3.73. The van der Waals surface area contributed by atoms with Gasteiger partial charge in [0.15, 0.2) is 6.61 Å². The Balaban J connectivity index is 2.12. The summed E-state index contributed by atoms with van der Waals surface area (Å²) >= 11 is 0. The van der Waals surface area contributed by atoms with Crippen molar-refractivity contribution in [2.75, 3.05) is 13.7 Å². The highest BCUT2D eigenvalue weighted by Gasteiger charge is 2.14. The Morgan fingerprint density at radius 3 is 2.75 bits per heavy atom. The van der Waals surface area contributed by atoms with E-state index in [1.165, 1.54) is 7.05 Å². The van der Waals surface area contributed by atoms with E-state index in [9.17, 15) is 9.59 Å². The zero-order valence-corrected chi connectivity index (χ0v) is 11.8. The second kappa shape index (κ2) is 5.77. The number of benzene rings is 1. The topological polar surface area (TPSA) is 68.5 Å². The Morgan fingerprint density at radius 2 is 2.05 bits per heavy atom. The molecule has 2 aromatic rings. The predicted octanol–water partition coefficient (Wildman–Crippen LogP) is 1.88. The first kappa shape index (κ1) is 14.1. The van der Waals surface area contributed by atoms with Gasteiger partial charge in [0.1, 0.15) is 5.58 Å². The number of fused-ring (bicyclic) bond motifs is 1. The Bertz CT molecular complexity index is 657. The molecular formula is C15H17NO4. The number of nitrogens with one attached hydrogen (secondary N) is 1. The molecule has 0 aliphatic carbocycles. The van der Waals surface area contributed by atoms with E-state index in [2.05, 4.69) is 5.32 Å². The third-order valence-corrected chi connectivity index (χ3v) is 3.32. The standard InChI is InChI=1S/C15H17NO4/c1-9-4-5-12-11(7-20-15(12)10(9)2)6-14(18)19-8-13(17)16-3/h4-5,7H,6,8H2,1-3H3,(H,16,17). The average molecular weight is 275 g/mol. The maximum atomic E-state index is 11.7. The lowest BCUT2D eigenvalue weighted by Crippen LogP contribution is -2.25. The summed E-state index contributed by atoms with van der Waals surface area (Å²) in [5, 5.41) is 3.30. The molecule has 1 N–H and O–H groups in total. The van der Waals surface area contributed by atoms with Crippen LogP contribution in [0.3, 0.4) is 0 Å². The zero-order chi connectivity index (χ0) is 14.7. The number of hydrogen-bond acceptors (Lipinski definition) is 4. The second-order valence-corrected chi connectivity index (χ2v) is 4.66. The van der Waals surface area contributed by atoms with Crippen LogP contribution in [0.2, 0.25) is 0 Å². The van der Waals surface area contributed by atoms with E-state index in [-0.39, 0.29) is 18.9 Å². The third-order valence-electron chi connectivity index (χ3n) is 3.32. The Morgan fingerprint density at radius 1 is 1.30 bits per heavy atom. The third kappa shape index (κ3) is 2.82. The first-order valence-electron chi connectivity index (χ1n) is 6.35. The second-order valence-electron chi connectivity index (χ2n) is 4.66. The summed E-state index contributed by atoms with van der Waals surface area (Å²) in [6.07, 6.45) is 1.66. The van der Waals surface area contributed by atoms with Crippen LogP contribution in [0.1, 0.15) is 16.7 Å². The van der Waals surface area contributed by atoms with Gasteiger partial charge < -0.3 is 14.5 Å². The highest BCUT2D eigenvalue weighted by atomic mass is 16.5. The summed E-state index contributed by atoms with van der Waals surface area (Å²) < 4.78 is 10.4. The SMILES string of the molecule is CNC(=O)COC(=O)Cc1coc2c(C)c(C)ccc12. The number of rotatable bonds is 4. The van der Waals surface area contributed by atoms with Gasteiger partial charge in [-0.2, -0.15) is 0 Å². The lowest BCUT2D eigenvalue weighted by atomic mass is 10.0. The van der Waals surface area contributed by atoms with Crippen LogP contribution < -0.4 is 5.32 Å². The molecule has 106 valence electrons. The fourth-order valence-electron chi connectivity index (χ4n) is 1.95. The number of ether oxygens (including phenoxy) is 1. The van der Waals surface area contributed by atoms with Gasteiger partial charge in [0.05, 0.1) is 12.7 Å². The molecule has 1 aromatic heterocycles. The Kier molecular flexibility index (Phi) is 4.08. The number of amides is 1. The number of aryl methyl sites for hydroxylation is 2. The molecule has 0 saturated carbocycles. The maximum Gasteiger partial charge on any atom is 0.310 e. The largest absolute Gasteiger partial charge is 0.464 e. The molecule has 1 aromatic carbocycles. The van der Waals surface area contributed by atoms with Gasteiger partial charge in [-0.1, -0.05) is 12.1 Å². The highest BCUT2D eigenvalue weighted by Crippen LogP contribution is 2.26. The van der Waals surface area contributed by atoms with E-state index in [4.69, 9.17) is 9.15 Å². The van der Waals surface area contributed by atoms with Crippen LogP contribution in [0.4, 0.5) is 0 Å². The van der Waals surface area contributed by atoms with Crippen LogP contribution >= 0.6 is 0 Å². The van der Waals surface area contributed by atoms with Crippen molar-refractivity contribution in [3.8, 4) is 0 Å². The smallest absolute Gasteiger partial charge is 0.310 e. The van der Waals surface area contributed by atoms with E-state index in [0.29, 0.717) is 0 Å². The Hall–Kier alpha value is -2.30. The quantitative estimate of drug-likeness (QED) is 0.865. The number of furan rings is 1. The molecule has 2 rings (SSSR count). The number of likely N-dealkylation sites (N-methyl/N-ethyl adjacent to an activating group) is 1. The van der Waals surface area contributed by atoms with Crippen molar-refractivity contribution >= 4 is 22.8 Å². The zero-order valence-electron chi connectivity index (χ0n) is 11.8. The molecule has 5 heteroatoms. The summed E-state index contributed by atoms with van der Waals surface area (Å²) in [5.74, 6) is -0.781.